The largest absolute Gasteiger partial charge is 0.481 e. The monoisotopic (exact) mass is 316 g/mol. The third kappa shape index (κ3) is 4.80. The summed E-state index contributed by atoms with van der Waals surface area (Å²) in [5, 5.41) is 19.3. The Labute approximate surface area is 122 Å². The fraction of sp³-hybridized carbons (Fsp3) is 0.417. The molecule has 1 rings (SSSR count). The molecular formula is C12H16N2O6S. The summed E-state index contributed by atoms with van der Waals surface area (Å²) in [5.74, 6) is -1.02. The normalized spacial score (nSPS) is 12.9. The zero-order chi connectivity index (χ0) is 16.2. The summed E-state index contributed by atoms with van der Waals surface area (Å²) in [6.45, 7) is 3.06. The van der Waals surface area contributed by atoms with Gasteiger partial charge in [0.15, 0.2) is 0 Å². The van der Waals surface area contributed by atoms with Gasteiger partial charge in [-0.05, 0) is 25.8 Å². The highest BCUT2D eigenvalue weighted by molar-refractivity contribution is 7.89. The lowest BCUT2D eigenvalue weighted by Gasteiger charge is -2.14. The Morgan fingerprint density at radius 1 is 1.48 bits per heavy atom. The molecule has 8 nitrogen and oxygen atoms in total. The molecule has 0 saturated carbocycles. The van der Waals surface area contributed by atoms with Crippen molar-refractivity contribution in [3.05, 3.63) is 33.9 Å². The number of carbonyl (C=O) groups is 1. The molecule has 0 aliphatic carbocycles. The Kier molecular flexibility index (Phi) is 5.39. The van der Waals surface area contributed by atoms with E-state index in [0.717, 1.165) is 6.07 Å². The van der Waals surface area contributed by atoms with E-state index in [1.807, 2.05) is 0 Å². The zero-order valence-electron chi connectivity index (χ0n) is 11.6. The van der Waals surface area contributed by atoms with E-state index in [2.05, 4.69) is 4.72 Å². The van der Waals surface area contributed by atoms with Gasteiger partial charge >= 0.3 is 5.97 Å². The van der Waals surface area contributed by atoms with Crippen molar-refractivity contribution in [2.24, 2.45) is 0 Å². The number of nitro benzene ring substituents is 1. The standard InChI is InChI=1S/C12H16N2O6S/c1-8-3-5-10(14(17)18)7-11(8)21(19,20)13-9(2)4-6-12(15)16/h3,5,7,9,13H,4,6H2,1-2H3,(H,15,16). The minimum absolute atomic E-state index is 0.128. The minimum Gasteiger partial charge on any atom is -0.481 e. The number of nitro groups is 1. The molecule has 0 aliphatic rings. The van der Waals surface area contributed by atoms with Crippen LogP contribution in [-0.4, -0.2) is 30.5 Å². The lowest BCUT2D eigenvalue weighted by Crippen LogP contribution is -2.33. The van der Waals surface area contributed by atoms with Crippen molar-refractivity contribution >= 4 is 21.7 Å². The number of carboxylic acid groups (broad SMARTS) is 1. The van der Waals surface area contributed by atoms with Crippen molar-refractivity contribution in [3.63, 3.8) is 0 Å². The number of nitrogens with one attached hydrogen (secondary N) is 1. The highest BCUT2D eigenvalue weighted by Gasteiger charge is 2.22. The second-order valence-corrected chi connectivity index (χ2v) is 6.34. The first-order valence-electron chi connectivity index (χ1n) is 6.12. The Morgan fingerprint density at radius 3 is 2.62 bits per heavy atom. The summed E-state index contributed by atoms with van der Waals surface area (Å²) < 4.78 is 26.7. The number of carboxylic acids is 1. The van der Waals surface area contributed by atoms with E-state index in [4.69, 9.17) is 5.11 Å². The molecule has 0 amide bonds. The molecule has 0 spiro atoms. The van der Waals surface area contributed by atoms with Crippen LogP contribution in [0, 0.1) is 17.0 Å². The smallest absolute Gasteiger partial charge is 0.303 e. The van der Waals surface area contributed by atoms with Crippen LogP contribution < -0.4 is 4.72 Å². The Bertz CT molecular complexity index is 656. The Morgan fingerprint density at radius 2 is 2.10 bits per heavy atom. The van der Waals surface area contributed by atoms with E-state index in [0.29, 0.717) is 5.56 Å². The molecule has 0 radical (unpaired) electrons. The fourth-order valence-corrected chi connectivity index (χ4v) is 3.26. The molecule has 0 aromatic heterocycles. The summed E-state index contributed by atoms with van der Waals surface area (Å²) in [5.41, 5.74) is 0.0534. The van der Waals surface area contributed by atoms with Crippen LogP contribution in [0.3, 0.4) is 0 Å². The summed E-state index contributed by atoms with van der Waals surface area (Å²) in [7, 11) is -3.94. The van der Waals surface area contributed by atoms with Crippen LogP contribution in [-0.2, 0) is 14.8 Å². The summed E-state index contributed by atoms with van der Waals surface area (Å²) in [6, 6.07) is 2.98. The predicted octanol–water partition coefficient (Wildman–Crippen LogP) is 1.43. The van der Waals surface area contributed by atoms with Gasteiger partial charge in [-0.3, -0.25) is 14.9 Å². The molecule has 116 valence electrons. The van der Waals surface area contributed by atoms with Crippen molar-refractivity contribution < 1.29 is 23.2 Å². The molecule has 21 heavy (non-hydrogen) atoms. The first kappa shape index (κ1) is 17.1. The van der Waals surface area contributed by atoms with Gasteiger partial charge in [0.05, 0.1) is 9.82 Å². The fourth-order valence-electron chi connectivity index (χ4n) is 1.72. The van der Waals surface area contributed by atoms with Crippen LogP contribution in [0.4, 0.5) is 5.69 Å². The number of nitrogens with zero attached hydrogens (tertiary/aromatic N) is 1. The molecule has 1 aromatic rings. The maximum absolute atomic E-state index is 12.2. The average molecular weight is 316 g/mol. The number of aryl methyl sites for hydroxylation is 1. The number of aliphatic carboxylic acids is 1. The maximum Gasteiger partial charge on any atom is 0.303 e. The lowest BCUT2D eigenvalue weighted by atomic mass is 10.2. The van der Waals surface area contributed by atoms with E-state index >= 15 is 0 Å². The van der Waals surface area contributed by atoms with Crippen LogP contribution in [0.15, 0.2) is 23.1 Å². The predicted molar refractivity (Wildman–Crippen MR) is 74.5 cm³/mol. The van der Waals surface area contributed by atoms with Crippen LogP contribution in [0.2, 0.25) is 0 Å². The molecule has 0 aliphatic heterocycles. The molecule has 1 unspecified atom stereocenters. The van der Waals surface area contributed by atoms with E-state index in [1.165, 1.54) is 26.0 Å². The number of hydrogen-bond acceptors (Lipinski definition) is 5. The van der Waals surface area contributed by atoms with Gasteiger partial charge in [-0.1, -0.05) is 6.07 Å². The number of rotatable bonds is 7. The molecular weight excluding hydrogens is 300 g/mol. The minimum atomic E-state index is -3.94. The van der Waals surface area contributed by atoms with Crippen molar-refractivity contribution in [1.29, 1.82) is 0 Å². The van der Waals surface area contributed by atoms with E-state index in [-0.39, 0.29) is 23.4 Å². The van der Waals surface area contributed by atoms with Crippen molar-refractivity contribution in [1.82, 2.24) is 4.72 Å². The lowest BCUT2D eigenvalue weighted by molar-refractivity contribution is -0.385. The van der Waals surface area contributed by atoms with E-state index < -0.39 is 27.0 Å². The first-order chi connectivity index (χ1) is 9.63. The van der Waals surface area contributed by atoms with E-state index in [9.17, 15) is 23.3 Å². The second kappa shape index (κ2) is 6.64. The summed E-state index contributed by atoms with van der Waals surface area (Å²) in [6.07, 6.45) is -0.0415. The molecule has 0 saturated heterocycles. The third-order valence-electron chi connectivity index (χ3n) is 2.82. The first-order valence-corrected chi connectivity index (χ1v) is 7.61. The Hall–Kier alpha value is -2.00. The molecule has 1 aromatic carbocycles. The van der Waals surface area contributed by atoms with Crippen LogP contribution in [0.5, 0.6) is 0 Å². The number of sulfonamides is 1. The topological polar surface area (TPSA) is 127 Å². The van der Waals surface area contributed by atoms with Gasteiger partial charge in [0.2, 0.25) is 10.0 Å². The molecule has 0 heterocycles. The van der Waals surface area contributed by atoms with Gasteiger partial charge in [0, 0.05) is 24.6 Å². The van der Waals surface area contributed by atoms with Crippen LogP contribution in [0.1, 0.15) is 25.3 Å². The van der Waals surface area contributed by atoms with Crippen molar-refractivity contribution in [2.75, 3.05) is 0 Å². The van der Waals surface area contributed by atoms with Gasteiger partial charge in [-0.15, -0.1) is 0 Å². The third-order valence-corrected chi connectivity index (χ3v) is 4.55. The van der Waals surface area contributed by atoms with Gasteiger partial charge < -0.3 is 5.11 Å². The van der Waals surface area contributed by atoms with Crippen LogP contribution >= 0.6 is 0 Å². The zero-order valence-corrected chi connectivity index (χ0v) is 12.4. The quantitative estimate of drug-likeness (QED) is 0.579. The number of non-ortho nitro benzene ring substituents is 1. The number of benzene rings is 1. The molecule has 0 fully saturated rings. The van der Waals surface area contributed by atoms with Gasteiger partial charge in [-0.25, -0.2) is 13.1 Å². The van der Waals surface area contributed by atoms with Crippen LogP contribution in [0.25, 0.3) is 0 Å². The highest BCUT2D eigenvalue weighted by atomic mass is 32.2. The molecule has 9 heteroatoms. The maximum atomic E-state index is 12.2. The molecule has 2 N–H and O–H groups in total. The van der Waals surface area contributed by atoms with Crippen molar-refractivity contribution in [3.8, 4) is 0 Å². The Balaban J connectivity index is 2.99. The van der Waals surface area contributed by atoms with Gasteiger partial charge in [0.25, 0.3) is 5.69 Å². The molecule has 1 atom stereocenters. The number of hydrogen-bond donors (Lipinski definition) is 2. The highest BCUT2D eigenvalue weighted by Crippen LogP contribution is 2.22. The van der Waals surface area contributed by atoms with Gasteiger partial charge in [0.1, 0.15) is 0 Å². The summed E-state index contributed by atoms with van der Waals surface area (Å²) >= 11 is 0. The average Bonchev–Trinajstić information content (AvgIpc) is 2.35. The van der Waals surface area contributed by atoms with E-state index in [1.54, 1.807) is 0 Å². The molecule has 0 bridgehead atoms. The van der Waals surface area contributed by atoms with Crippen molar-refractivity contribution in [2.45, 2.75) is 37.6 Å². The summed E-state index contributed by atoms with van der Waals surface area (Å²) in [4.78, 5) is 20.3. The SMILES string of the molecule is Cc1ccc([N+](=O)[O-])cc1S(=O)(=O)NC(C)CCC(=O)O. The van der Waals surface area contributed by atoms with Gasteiger partial charge in [-0.2, -0.15) is 0 Å². The second-order valence-electron chi connectivity index (χ2n) is 4.66.